The van der Waals surface area contributed by atoms with Gasteiger partial charge in [0.15, 0.2) is 18.0 Å². The summed E-state index contributed by atoms with van der Waals surface area (Å²) in [5.41, 5.74) is 4.06. The molecule has 0 radical (unpaired) electrons. The summed E-state index contributed by atoms with van der Waals surface area (Å²) < 4.78 is 16.2. The average Bonchev–Trinajstić information content (AvgIpc) is 3.23. The summed E-state index contributed by atoms with van der Waals surface area (Å²) in [5, 5.41) is 0. The number of nitrogens with zero attached hydrogens (tertiary/aromatic N) is 1. The van der Waals surface area contributed by atoms with E-state index < -0.39 is 29.6 Å². The van der Waals surface area contributed by atoms with E-state index in [1.165, 1.54) is 25.2 Å². The van der Waals surface area contributed by atoms with Gasteiger partial charge in [-0.3, -0.25) is 14.4 Å². The van der Waals surface area contributed by atoms with Crippen LogP contribution in [-0.2, 0) is 33.4 Å². The number of benzene rings is 1. The van der Waals surface area contributed by atoms with Gasteiger partial charge in [0.1, 0.15) is 6.61 Å². The zero-order valence-electron chi connectivity index (χ0n) is 24.8. The standard InChI is InChI=1S/C33H41NO7/c1-20(35)41-33(29(37)18-40-30(38)19-39-5)15-14-28-26-12-8-22-16-24(36)11-13-25(22)31(26)27(17-32(28,33)2)21-6-9-23(10-7-21)34(3)4/h6-7,9-10,16,26-28H,8,11-15,17-19H2,1-5H3/t26-,27+,28-,32-,33-/m0/s1. The number of methoxy groups -OCH3 is 1. The van der Waals surface area contributed by atoms with Crippen molar-refractivity contribution in [1.29, 1.82) is 0 Å². The molecule has 0 spiro atoms. The molecular weight excluding hydrogens is 522 g/mol. The highest BCUT2D eigenvalue weighted by molar-refractivity contribution is 5.94. The molecule has 0 N–H and O–H groups in total. The second-order valence-corrected chi connectivity index (χ2v) is 12.5. The Morgan fingerprint density at radius 2 is 1.76 bits per heavy atom. The molecule has 0 heterocycles. The number of allylic oxidation sites excluding steroid dienone is 4. The Kier molecular flexibility index (Phi) is 7.99. The highest BCUT2D eigenvalue weighted by atomic mass is 16.6. The summed E-state index contributed by atoms with van der Waals surface area (Å²) >= 11 is 0. The minimum Gasteiger partial charge on any atom is -0.456 e. The molecule has 41 heavy (non-hydrogen) atoms. The number of fused-ring (bicyclic) bond motifs is 4. The van der Waals surface area contributed by atoms with Crippen LogP contribution in [0.2, 0.25) is 0 Å². The Morgan fingerprint density at radius 3 is 2.41 bits per heavy atom. The molecule has 0 bridgehead atoms. The van der Waals surface area contributed by atoms with Crippen molar-refractivity contribution in [3.63, 3.8) is 0 Å². The van der Waals surface area contributed by atoms with Gasteiger partial charge in [-0.05, 0) is 85.3 Å². The monoisotopic (exact) mass is 563 g/mol. The first-order valence-electron chi connectivity index (χ1n) is 14.6. The number of carbonyl (C=O) groups excluding carboxylic acids is 4. The van der Waals surface area contributed by atoms with Crippen LogP contribution in [0.15, 0.2) is 47.1 Å². The van der Waals surface area contributed by atoms with E-state index in [0.717, 1.165) is 42.5 Å². The first kappa shape index (κ1) is 29.2. The molecule has 5 rings (SSSR count). The van der Waals surface area contributed by atoms with E-state index in [4.69, 9.17) is 14.2 Å². The average molecular weight is 564 g/mol. The molecule has 0 amide bonds. The molecule has 0 aromatic heterocycles. The van der Waals surface area contributed by atoms with Gasteiger partial charge in [-0.1, -0.05) is 24.6 Å². The van der Waals surface area contributed by atoms with Crippen LogP contribution in [0.1, 0.15) is 70.3 Å². The first-order chi connectivity index (χ1) is 19.5. The molecule has 5 atom stereocenters. The van der Waals surface area contributed by atoms with Gasteiger partial charge in [0.05, 0.1) is 0 Å². The smallest absolute Gasteiger partial charge is 0.332 e. The summed E-state index contributed by atoms with van der Waals surface area (Å²) in [6, 6.07) is 8.55. The Labute approximate surface area is 242 Å². The van der Waals surface area contributed by atoms with Crippen molar-refractivity contribution in [2.24, 2.45) is 17.3 Å². The number of Topliss-reactive ketones (excluding diaryl/α,β-unsaturated/α-hetero) is 1. The molecule has 2 fully saturated rings. The summed E-state index contributed by atoms with van der Waals surface area (Å²) in [7, 11) is 5.41. The maximum Gasteiger partial charge on any atom is 0.332 e. The third kappa shape index (κ3) is 5.05. The van der Waals surface area contributed by atoms with Gasteiger partial charge in [0.25, 0.3) is 0 Å². The lowest BCUT2D eigenvalue weighted by molar-refractivity contribution is -0.186. The van der Waals surface area contributed by atoms with Gasteiger partial charge in [-0.15, -0.1) is 0 Å². The molecule has 1 aromatic carbocycles. The van der Waals surface area contributed by atoms with E-state index in [1.54, 1.807) is 0 Å². The van der Waals surface area contributed by atoms with Crippen molar-refractivity contribution in [2.45, 2.75) is 70.3 Å². The van der Waals surface area contributed by atoms with Gasteiger partial charge in [0.2, 0.25) is 5.78 Å². The molecule has 4 aliphatic rings. The second-order valence-electron chi connectivity index (χ2n) is 12.5. The highest BCUT2D eigenvalue weighted by Gasteiger charge is 2.68. The maximum absolute atomic E-state index is 14.0. The van der Waals surface area contributed by atoms with Crippen molar-refractivity contribution in [1.82, 2.24) is 0 Å². The Bertz CT molecular complexity index is 1310. The Balaban J connectivity index is 1.61. The SMILES string of the molecule is COCC(=O)OCC(=O)[C@@]1(OC(C)=O)CC[C@H]2[C@@H]3CCC4=CC(=O)CCC4=C3[C@@H](c3ccc(N(C)C)cc3)C[C@@]21C. The normalized spacial score (nSPS) is 30.5. The fraction of sp³-hybridized carbons (Fsp3) is 0.576. The highest BCUT2D eigenvalue weighted by Crippen LogP contribution is 2.67. The molecule has 8 heteroatoms. The minimum atomic E-state index is -1.40. The number of ether oxygens (including phenoxy) is 3. The zero-order chi connectivity index (χ0) is 29.5. The first-order valence-corrected chi connectivity index (χ1v) is 14.6. The molecule has 4 aliphatic carbocycles. The van der Waals surface area contributed by atoms with E-state index in [9.17, 15) is 19.2 Å². The molecule has 0 saturated heterocycles. The van der Waals surface area contributed by atoms with E-state index >= 15 is 0 Å². The summed E-state index contributed by atoms with van der Waals surface area (Å²) in [6.45, 7) is 2.72. The largest absolute Gasteiger partial charge is 0.456 e. The van der Waals surface area contributed by atoms with E-state index in [0.29, 0.717) is 19.3 Å². The number of rotatable bonds is 8. The van der Waals surface area contributed by atoms with E-state index in [-0.39, 0.29) is 35.9 Å². The summed E-state index contributed by atoms with van der Waals surface area (Å²) in [5.74, 6) is -1.02. The van der Waals surface area contributed by atoms with Gasteiger partial charge in [-0.25, -0.2) is 4.79 Å². The van der Waals surface area contributed by atoms with Crippen LogP contribution in [-0.4, -0.2) is 63.5 Å². The number of hydrogen-bond acceptors (Lipinski definition) is 8. The molecule has 8 nitrogen and oxygen atoms in total. The number of anilines is 1. The lowest BCUT2D eigenvalue weighted by atomic mass is 9.50. The number of ketones is 2. The van der Waals surface area contributed by atoms with E-state index in [1.807, 2.05) is 20.2 Å². The summed E-state index contributed by atoms with van der Waals surface area (Å²) in [6.07, 6.45) is 6.56. The fourth-order valence-electron chi connectivity index (χ4n) is 8.30. The van der Waals surface area contributed by atoms with Gasteiger partial charge in [0, 0.05) is 51.6 Å². The van der Waals surface area contributed by atoms with Crippen LogP contribution < -0.4 is 4.90 Å². The number of carbonyl (C=O) groups is 4. The van der Waals surface area contributed by atoms with E-state index in [2.05, 4.69) is 36.1 Å². The quantitative estimate of drug-likeness (QED) is 0.420. The maximum atomic E-state index is 14.0. The molecular formula is C33H41NO7. The topological polar surface area (TPSA) is 99.2 Å². The minimum absolute atomic E-state index is 0.00115. The molecule has 220 valence electrons. The lowest BCUT2D eigenvalue weighted by Crippen LogP contribution is -2.58. The number of hydrogen-bond donors (Lipinski definition) is 0. The predicted octanol–water partition coefficient (Wildman–Crippen LogP) is 4.71. The van der Waals surface area contributed by atoms with Crippen molar-refractivity contribution < 1.29 is 33.4 Å². The lowest BCUT2D eigenvalue weighted by Gasteiger charge is -2.55. The molecule has 2 saturated carbocycles. The van der Waals surface area contributed by atoms with Crippen LogP contribution >= 0.6 is 0 Å². The van der Waals surface area contributed by atoms with Crippen LogP contribution in [0, 0.1) is 17.3 Å². The zero-order valence-corrected chi connectivity index (χ0v) is 24.8. The van der Waals surface area contributed by atoms with Gasteiger partial charge < -0.3 is 19.1 Å². The van der Waals surface area contributed by atoms with Crippen LogP contribution in [0.3, 0.4) is 0 Å². The van der Waals surface area contributed by atoms with Gasteiger partial charge in [-0.2, -0.15) is 0 Å². The molecule has 0 unspecified atom stereocenters. The second kappa shape index (κ2) is 11.2. The number of esters is 2. The van der Waals surface area contributed by atoms with Crippen molar-refractivity contribution in [3.05, 3.63) is 52.6 Å². The van der Waals surface area contributed by atoms with Crippen molar-refractivity contribution in [3.8, 4) is 0 Å². The predicted molar refractivity (Wildman–Crippen MR) is 153 cm³/mol. The Morgan fingerprint density at radius 1 is 1.02 bits per heavy atom. The summed E-state index contributed by atoms with van der Waals surface area (Å²) in [4.78, 5) is 53.0. The van der Waals surface area contributed by atoms with Crippen LogP contribution in [0.25, 0.3) is 0 Å². The van der Waals surface area contributed by atoms with Crippen LogP contribution in [0.5, 0.6) is 0 Å². The van der Waals surface area contributed by atoms with Crippen molar-refractivity contribution >= 4 is 29.2 Å². The third-order valence-electron chi connectivity index (χ3n) is 10.1. The fourth-order valence-corrected chi connectivity index (χ4v) is 8.30. The van der Waals surface area contributed by atoms with Crippen LogP contribution in [0.4, 0.5) is 5.69 Å². The molecule has 1 aromatic rings. The van der Waals surface area contributed by atoms with Crippen molar-refractivity contribution in [2.75, 3.05) is 39.3 Å². The molecule has 0 aliphatic heterocycles. The Hall–Kier alpha value is -3.26. The third-order valence-corrected chi connectivity index (χ3v) is 10.1. The van der Waals surface area contributed by atoms with Gasteiger partial charge >= 0.3 is 11.9 Å².